The number of carbonyl (C=O) groups excluding carboxylic acids is 1. The topological polar surface area (TPSA) is 118 Å². The summed E-state index contributed by atoms with van der Waals surface area (Å²) in [5.74, 6) is -0.824. The number of carbonyl (C=O) groups is 1. The third kappa shape index (κ3) is 5.15. The molecule has 4 rings (SSSR count). The Hall–Kier alpha value is -4.01. The Labute approximate surface area is 210 Å². The van der Waals surface area contributed by atoms with Crippen LogP contribution in [0.3, 0.4) is 0 Å². The van der Waals surface area contributed by atoms with Gasteiger partial charge in [-0.3, -0.25) is 10.1 Å². The molecule has 3 aromatic carbocycles. The van der Waals surface area contributed by atoms with Crippen molar-refractivity contribution in [2.24, 2.45) is 0 Å². The van der Waals surface area contributed by atoms with Crippen molar-refractivity contribution < 1.29 is 27.1 Å². The number of methoxy groups -OCH3 is 1. The largest absolute Gasteiger partial charge is 0.492 e. The molecule has 1 N–H and O–H groups in total. The first kappa shape index (κ1) is 25.1. The normalized spacial score (nSPS) is 12.1. The maximum atomic E-state index is 14.1. The minimum absolute atomic E-state index is 0.0311. The maximum Gasteiger partial charge on any atom is 0.271 e. The molecule has 0 saturated carbocycles. The van der Waals surface area contributed by atoms with E-state index in [4.69, 9.17) is 14.7 Å². The van der Waals surface area contributed by atoms with Gasteiger partial charge in [0, 0.05) is 5.56 Å². The number of sulfone groups is 1. The maximum absolute atomic E-state index is 14.1. The first-order valence-corrected chi connectivity index (χ1v) is 13.2. The van der Waals surface area contributed by atoms with Crippen molar-refractivity contribution in [2.45, 2.75) is 17.9 Å². The number of nitriles is 1. The van der Waals surface area contributed by atoms with Gasteiger partial charge in [0.25, 0.3) is 5.91 Å². The highest BCUT2D eigenvalue weighted by atomic mass is 32.2. The van der Waals surface area contributed by atoms with Crippen molar-refractivity contribution >= 4 is 42.4 Å². The molecule has 0 aliphatic heterocycles. The molecule has 0 saturated heterocycles. The Morgan fingerprint density at radius 3 is 2.44 bits per heavy atom. The van der Waals surface area contributed by atoms with E-state index in [2.05, 4.69) is 10.3 Å². The fourth-order valence-corrected chi connectivity index (χ4v) is 5.26. The van der Waals surface area contributed by atoms with Crippen LogP contribution in [0.15, 0.2) is 65.6 Å². The molecule has 1 aromatic heterocycles. The van der Waals surface area contributed by atoms with Gasteiger partial charge in [0.15, 0.2) is 26.5 Å². The molecule has 1 unspecified atom stereocenters. The number of nitrogens with zero attached hydrogens (tertiary/aromatic N) is 2. The number of benzene rings is 3. The van der Waals surface area contributed by atoms with Gasteiger partial charge in [0.05, 0.1) is 34.9 Å². The Bertz CT molecular complexity index is 1560. The van der Waals surface area contributed by atoms with Crippen LogP contribution in [0.4, 0.5) is 9.52 Å². The van der Waals surface area contributed by atoms with Crippen LogP contribution in [0.1, 0.15) is 24.2 Å². The van der Waals surface area contributed by atoms with Crippen LogP contribution in [0, 0.1) is 17.1 Å². The molecule has 1 atom stereocenters. The molecule has 0 aliphatic carbocycles. The lowest BCUT2D eigenvalue weighted by atomic mass is 10.1. The first-order valence-electron chi connectivity index (χ1n) is 10.7. The molecular formula is C25H20FN3O5S2. The molecule has 0 spiro atoms. The summed E-state index contributed by atoms with van der Waals surface area (Å²) in [6.45, 7) is 1.55. The SMILES string of the molecule is CCS(=O)(=O)c1ccc(C(Oc2ccc(C#N)cc2)C(=O)Nc2nc3ccc(F)c(OC)c3s2)cc1. The highest BCUT2D eigenvalue weighted by Gasteiger charge is 2.25. The van der Waals surface area contributed by atoms with Crippen molar-refractivity contribution in [1.29, 1.82) is 5.26 Å². The van der Waals surface area contributed by atoms with Gasteiger partial charge in [-0.1, -0.05) is 30.4 Å². The summed E-state index contributed by atoms with van der Waals surface area (Å²) in [4.78, 5) is 17.8. The second kappa shape index (κ2) is 10.3. The Morgan fingerprint density at radius 2 is 1.83 bits per heavy atom. The number of nitrogens with one attached hydrogen (secondary N) is 1. The number of fused-ring (bicyclic) bond motifs is 1. The fourth-order valence-electron chi connectivity index (χ4n) is 3.39. The van der Waals surface area contributed by atoms with E-state index in [1.54, 1.807) is 31.2 Å². The third-order valence-electron chi connectivity index (χ3n) is 5.30. The van der Waals surface area contributed by atoms with Crippen molar-refractivity contribution in [1.82, 2.24) is 4.98 Å². The highest BCUT2D eigenvalue weighted by molar-refractivity contribution is 7.91. The molecule has 36 heavy (non-hydrogen) atoms. The standard InChI is InChI=1S/C25H20FN3O5S2/c1-3-36(31,32)18-10-6-16(7-11-18)21(34-17-8-4-15(14-27)5-9-17)24(30)29-25-28-20-13-12-19(26)22(33-2)23(20)35-25/h4-13,21H,3H2,1-2H3,(H,28,29,30). The Morgan fingerprint density at radius 1 is 1.14 bits per heavy atom. The first-order chi connectivity index (χ1) is 17.2. The van der Waals surface area contributed by atoms with E-state index in [9.17, 15) is 17.6 Å². The summed E-state index contributed by atoms with van der Waals surface area (Å²) in [7, 11) is -2.08. The van der Waals surface area contributed by atoms with Gasteiger partial charge >= 0.3 is 0 Å². The van der Waals surface area contributed by atoms with Gasteiger partial charge < -0.3 is 9.47 Å². The van der Waals surface area contributed by atoms with Crippen LogP contribution in [0.25, 0.3) is 10.2 Å². The molecule has 11 heteroatoms. The van der Waals surface area contributed by atoms with E-state index in [-0.39, 0.29) is 21.5 Å². The number of anilines is 1. The van der Waals surface area contributed by atoms with Crippen LogP contribution >= 0.6 is 11.3 Å². The van der Waals surface area contributed by atoms with Gasteiger partial charge in [-0.2, -0.15) is 5.26 Å². The van der Waals surface area contributed by atoms with E-state index in [0.717, 1.165) is 11.3 Å². The zero-order valence-electron chi connectivity index (χ0n) is 19.2. The van der Waals surface area contributed by atoms with Crippen LogP contribution in [0.5, 0.6) is 11.5 Å². The Balaban J connectivity index is 1.67. The zero-order chi connectivity index (χ0) is 25.9. The molecule has 0 bridgehead atoms. The van der Waals surface area contributed by atoms with Crippen LogP contribution in [-0.2, 0) is 14.6 Å². The number of halogens is 1. The molecule has 184 valence electrons. The van der Waals surface area contributed by atoms with E-state index < -0.39 is 27.7 Å². The van der Waals surface area contributed by atoms with Gasteiger partial charge in [0.1, 0.15) is 10.4 Å². The number of aromatic nitrogens is 1. The van der Waals surface area contributed by atoms with Crippen molar-refractivity contribution in [3.05, 3.63) is 77.6 Å². The van der Waals surface area contributed by atoms with Crippen molar-refractivity contribution in [2.75, 3.05) is 18.2 Å². The van der Waals surface area contributed by atoms with Gasteiger partial charge in [-0.25, -0.2) is 17.8 Å². The lowest BCUT2D eigenvalue weighted by Crippen LogP contribution is -2.25. The number of thiazole rings is 1. The molecule has 0 fully saturated rings. The van der Waals surface area contributed by atoms with Gasteiger partial charge in [0.2, 0.25) is 6.10 Å². The number of amides is 1. The van der Waals surface area contributed by atoms with Gasteiger partial charge in [-0.15, -0.1) is 0 Å². The third-order valence-corrected chi connectivity index (χ3v) is 8.03. The average molecular weight is 526 g/mol. The number of rotatable bonds is 8. The average Bonchev–Trinajstić information content (AvgIpc) is 3.30. The smallest absolute Gasteiger partial charge is 0.271 e. The quantitative estimate of drug-likeness (QED) is 0.349. The van der Waals surface area contributed by atoms with Crippen molar-refractivity contribution in [3.63, 3.8) is 0 Å². The minimum Gasteiger partial charge on any atom is -0.492 e. The lowest BCUT2D eigenvalue weighted by Gasteiger charge is -2.19. The van der Waals surface area contributed by atoms with Crippen molar-refractivity contribution in [3.8, 4) is 17.6 Å². The fraction of sp³-hybridized carbons (Fsp3) is 0.160. The van der Waals surface area contributed by atoms with E-state index in [1.807, 2.05) is 6.07 Å². The molecule has 0 radical (unpaired) electrons. The predicted octanol–water partition coefficient (Wildman–Crippen LogP) is 4.87. The molecule has 0 aliphatic rings. The molecule has 1 amide bonds. The molecule has 1 heterocycles. The predicted molar refractivity (Wildman–Crippen MR) is 133 cm³/mol. The summed E-state index contributed by atoms with van der Waals surface area (Å²) in [6, 6.07) is 16.8. The van der Waals surface area contributed by atoms with E-state index >= 15 is 0 Å². The lowest BCUT2D eigenvalue weighted by molar-refractivity contribution is -0.123. The van der Waals surface area contributed by atoms with Crippen LogP contribution < -0.4 is 14.8 Å². The summed E-state index contributed by atoms with van der Waals surface area (Å²) >= 11 is 1.04. The number of hydrogen-bond acceptors (Lipinski definition) is 8. The Kier molecular flexibility index (Phi) is 7.19. The minimum atomic E-state index is -3.42. The molecule has 8 nitrogen and oxygen atoms in total. The number of ether oxygens (including phenoxy) is 2. The molecule has 4 aromatic rings. The van der Waals surface area contributed by atoms with Crippen LogP contribution in [-0.4, -0.2) is 32.2 Å². The number of hydrogen-bond donors (Lipinski definition) is 1. The summed E-state index contributed by atoms with van der Waals surface area (Å²) in [5, 5.41) is 11.9. The van der Waals surface area contributed by atoms with E-state index in [1.165, 1.54) is 43.5 Å². The van der Waals surface area contributed by atoms with Gasteiger partial charge in [-0.05, 0) is 48.5 Å². The zero-order valence-corrected chi connectivity index (χ0v) is 20.8. The second-order valence-electron chi connectivity index (χ2n) is 7.54. The second-order valence-corrected chi connectivity index (χ2v) is 10.8. The van der Waals surface area contributed by atoms with E-state index in [0.29, 0.717) is 27.1 Å². The summed E-state index contributed by atoms with van der Waals surface area (Å²) in [6.07, 6.45) is -1.18. The highest BCUT2D eigenvalue weighted by Crippen LogP contribution is 2.36. The summed E-state index contributed by atoms with van der Waals surface area (Å²) < 4.78 is 49.9. The summed E-state index contributed by atoms with van der Waals surface area (Å²) in [5.41, 5.74) is 1.28. The van der Waals surface area contributed by atoms with Crippen LogP contribution in [0.2, 0.25) is 0 Å². The molecular weight excluding hydrogens is 505 g/mol. The monoisotopic (exact) mass is 525 g/mol.